The van der Waals surface area contributed by atoms with Crippen molar-refractivity contribution in [3.8, 4) is 0 Å². The topological polar surface area (TPSA) is 41.6 Å². The van der Waals surface area contributed by atoms with Crippen LogP contribution in [0, 0.1) is 0 Å². The molecule has 2 rings (SSSR count). The Morgan fingerprint density at radius 2 is 1.73 bits per heavy atom. The van der Waals surface area contributed by atoms with E-state index in [1.807, 2.05) is 36.9 Å². The molecule has 2 aromatic carbocycles. The summed E-state index contributed by atoms with van der Waals surface area (Å²) in [6.45, 7) is 4.99. The Hall–Kier alpha value is -2.70. The normalized spacial score (nSPS) is 11.1. The summed E-state index contributed by atoms with van der Waals surface area (Å²) in [7, 11) is 0. The number of alkyl halides is 3. The highest BCUT2D eigenvalue weighted by molar-refractivity contribution is 5.90. The van der Waals surface area contributed by atoms with Crippen molar-refractivity contribution in [1.82, 2.24) is 0 Å². The lowest BCUT2D eigenvalue weighted by atomic mass is 10.1. The number of anilines is 2. The molecule has 1 amide bonds. The number of rotatable bonds is 6. The zero-order valence-electron chi connectivity index (χ0n) is 14.6. The van der Waals surface area contributed by atoms with E-state index in [0.29, 0.717) is 18.8 Å². The molecule has 0 aliphatic rings. The number of hydrogen-bond acceptors (Lipinski definition) is 3. The van der Waals surface area contributed by atoms with Crippen molar-refractivity contribution < 1.29 is 22.7 Å². The molecule has 0 aliphatic carbocycles. The number of nitrogens with zero attached hydrogens (tertiary/aromatic N) is 1. The molecule has 0 spiro atoms. The van der Waals surface area contributed by atoms with Crippen LogP contribution in [0.5, 0.6) is 0 Å². The van der Waals surface area contributed by atoms with E-state index < -0.39 is 17.8 Å². The summed E-state index contributed by atoms with van der Waals surface area (Å²) in [5, 5.41) is 2.44. The SMILES string of the molecule is CCN(CC)c1ccc(C(F)(F)F)cc1NC(=O)OCc1ccccc1. The first-order valence-electron chi connectivity index (χ1n) is 8.29. The number of amides is 1. The average Bonchev–Trinajstić information content (AvgIpc) is 2.62. The standard InChI is InChI=1S/C19H21F3N2O2/c1-3-24(4-2)17-11-10-15(19(20,21)22)12-16(17)23-18(25)26-13-14-8-6-5-7-9-14/h5-12H,3-4,13H2,1-2H3,(H,23,25). The molecule has 4 nitrogen and oxygen atoms in total. The van der Waals surface area contributed by atoms with Crippen LogP contribution in [0.25, 0.3) is 0 Å². The van der Waals surface area contributed by atoms with Crippen LogP contribution in [0.2, 0.25) is 0 Å². The van der Waals surface area contributed by atoms with Gasteiger partial charge in [-0.15, -0.1) is 0 Å². The minimum Gasteiger partial charge on any atom is -0.444 e. The van der Waals surface area contributed by atoms with Gasteiger partial charge in [0.15, 0.2) is 0 Å². The van der Waals surface area contributed by atoms with Gasteiger partial charge in [0.1, 0.15) is 6.61 Å². The van der Waals surface area contributed by atoms with Gasteiger partial charge in [-0.05, 0) is 37.6 Å². The number of nitrogens with one attached hydrogen (secondary N) is 1. The van der Waals surface area contributed by atoms with E-state index in [2.05, 4.69) is 5.32 Å². The summed E-state index contributed by atoms with van der Waals surface area (Å²) in [5.74, 6) is 0. The van der Waals surface area contributed by atoms with Crippen LogP contribution >= 0.6 is 0 Å². The number of benzene rings is 2. The second kappa shape index (κ2) is 8.60. The first-order valence-corrected chi connectivity index (χ1v) is 8.29. The molecule has 0 atom stereocenters. The van der Waals surface area contributed by atoms with Crippen molar-refractivity contribution in [2.75, 3.05) is 23.3 Å². The van der Waals surface area contributed by atoms with Crippen molar-refractivity contribution in [2.24, 2.45) is 0 Å². The number of carbonyl (C=O) groups excluding carboxylic acids is 1. The third-order valence-corrected chi connectivity index (χ3v) is 3.88. The summed E-state index contributed by atoms with van der Waals surface area (Å²) >= 11 is 0. The highest BCUT2D eigenvalue weighted by Crippen LogP contribution is 2.35. The molecule has 2 aromatic rings. The Morgan fingerprint density at radius 1 is 1.08 bits per heavy atom. The molecular formula is C19H21F3N2O2. The maximum absolute atomic E-state index is 13.0. The maximum atomic E-state index is 13.0. The first-order chi connectivity index (χ1) is 12.3. The summed E-state index contributed by atoms with van der Waals surface area (Å²) < 4.78 is 44.2. The molecule has 0 fully saturated rings. The van der Waals surface area contributed by atoms with Crippen molar-refractivity contribution in [3.63, 3.8) is 0 Å². The lowest BCUT2D eigenvalue weighted by molar-refractivity contribution is -0.137. The van der Waals surface area contributed by atoms with Gasteiger partial charge >= 0.3 is 12.3 Å². The lowest BCUT2D eigenvalue weighted by Gasteiger charge is -2.25. The van der Waals surface area contributed by atoms with Gasteiger partial charge < -0.3 is 9.64 Å². The highest BCUT2D eigenvalue weighted by Gasteiger charge is 2.31. The van der Waals surface area contributed by atoms with E-state index in [1.165, 1.54) is 6.07 Å². The Kier molecular flexibility index (Phi) is 6.49. The fourth-order valence-corrected chi connectivity index (χ4v) is 2.52. The minimum absolute atomic E-state index is 0.0340. The van der Waals surface area contributed by atoms with Crippen LogP contribution in [0.15, 0.2) is 48.5 Å². The van der Waals surface area contributed by atoms with E-state index in [-0.39, 0.29) is 12.3 Å². The molecule has 0 aromatic heterocycles. The predicted molar refractivity (Wildman–Crippen MR) is 95.3 cm³/mol. The van der Waals surface area contributed by atoms with Gasteiger partial charge in [0, 0.05) is 13.1 Å². The van der Waals surface area contributed by atoms with Gasteiger partial charge in [0.2, 0.25) is 0 Å². The fourth-order valence-electron chi connectivity index (χ4n) is 2.52. The monoisotopic (exact) mass is 366 g/mol. The van der Waals surface area contributed by atoms with E-state index in [9.17, 15) is 18.0 Å². The Bertz CT molecular complexity index is 729. The second-order valence-corrected chi connectivity index (χ2v) is 5.59. The van der Waals surface area contributed by atoms with Crippen LogP contribution in [0.3, 0.4) is 0 Å². The number of carbonyl (C=O) groups is 1. The summed E-state index contributed by atoms with van der Waals surface area (Å²) in [4.78, 5) is 13.9. The minimum atomic E-state index is -4.49. The molecule has 0 saturated heterocycles. The van der Waals surface area contributed by atoms with Gasteiger partial charge in [-0.25, -0.2) is 4.79 Å². The molecule has 7 heteroatoms. The fraction of sp³-hybridized carbons (Fsp3) is 0.316. The number of ether oxygens (including phenoxy) is 1. The molecule has 0 bridgehead atoms. The lowest BCUT2D eigenvalue weighted by Crippen LogP contribution is -2.25. The molecule has 140 valence electrons. The number of hydrogen-bond donors (Lipinski definition) is 1. The Morgan fingerprint density at radius 3 is 2.31 bits per heavy atom. The van der Waals surface area contributed by atoms with Crippen molar-refractivity contribution >= 4 is 17.5 Å². The zero-order chi connectivity index (χ0) is 19.2. The van der Waals surface area contributed by atoms with Crippen LogP contribution in [-0.4, -0.2) is 19.2 Å². The Balaban J connectivity index is 2.19. The third kappa shape index (κ3) is 5.15. The molecule has 0 saturated carbocycles. The second-order valence-electron chi connectivity index (χ2n) is 5.59. The maximum Gasteiger partial charge on any atom is 0.416 e. The predicted octanol–water partition coefficient (Wildman–Crippen LogP) is 5.30. The van der Waals surface area contributed by atoms with Gasteiger partial charge in [0.05, 0.1) is 16.9 Å². The molecule has 0 aliphatic heterocycles. The van der Waals surface area contributed by atoms with E-state index in [1.54, 1.807) is 12.1 Å². The van der Waals surface area contributed by atoms with Crippen LogP contribution in [0.1, 0.15) is 25.0 Å². The van der Waals surface area contributed by atoms with Crippen LogP contribution in [-0.2, 0) is 17.5 Å². The van der Waals surface area contributed by atoms with Crippen LogP contribution in [0.4, 0.5) is 29.3 Å². The van der Waals surface area contributed by atoms with Crippen molar-refractivity contribution in [1.29, 1.82) is 0 Å². The first kappa shape index (κ1) is 19.6. The summed E-state index contributed by atoms with van der Waals surface area (Å²) in [6.07, 6.45) is -5.30. The molecule has 0 heterocycles. The summed E-state index contributed by atoms with van der Waals surface area (Å²) in [5.41, 5.74) is 0.545. The molecule has 0 radical (unpaired) electrons. The van der Waals surface area contributed by atoms with Gasteiger partial charge in [-0.1, -0.05) is 30.3 Å². The molecule has 1 N–H and O–H groups in total. The van der Waals surface area contributed by atoms with E-state index in [4.69, 9.17) is 4.74 Å². The van der Waals surface area contributed by atoms with Crippen molar-refractivity contribution in [3.05, 3.63) is 59.7 Å². The smallest absolute Gasteiger partial charge is 0.416 e. The quantitative estimate of drug-likeness (QED) is 0.754. The summed E-state index contributed by atoms with van der Waals surface area (Å²) in [6, 6.07) is 12.3. The molecule has 0 unspecified atom stereocenters. The van der Waals surface area contributed by atoms with E-state index >= 15 is 0 Å². The van der Waals surface area contributed by atoms with Gasteiger partial charge in [-0.2, -0.15) is 13.2 Å². The number of halogens is 3. The largest absolute Gasteiger partial charge is 0.444 e. The highest BCUT2D eigenvalue weighted by atomic mass is 19.4. The van der Waals surface area contributed by atoms with Crippen molar-refractivity contribution in [2.45, 2.75) is 26.6 Å². The third-order valence-electron chi connectivity index (χ3n) is 3.88. The molecule has 26 heavy (non-hydrogen) atoms. The average molecular weight is 366 g/mol. The molecular weight excluding hydrogens is 345 g/mol. The Labute approximate surface area is 150 Å². The van der Waals surface area contributed by atoms with E-state index in [0.717, 1.165) is 17.7 Å². The van der Waals surface area contributed by atoms with Gasteiger partial charge in [0.25, 0.3) is 0 Å². The van der Waals surface area contributed by atoms with Crippen LogP contribution < -0.4 is 10.2 Å². The zero-order valence-corrected chi connectivity index (χ0v) is 14.6. The van der Waals surface area contributed by atoms with Gasteiger partial charge in [-0.3, -0.25) is 5.32 Å².